The minimum absolute atomic E-state index is 0.0648. The van der Waals surface area contributed by atoms with Crippen molar-refractivity contribution < 1.29 is 32.3 Å². The summed E-state index contributed by atoms with van der Waals surface area (Å²) in [4.78, 5) is 51.9. The van der Waals surface area contributed by atoms with E-state index in [0.29, 0.717) is 6.42 Å². The van der Waals surface area contributed by atoms with Gasteiger partial charge in [0.2, 0.25) is 11.8 Å². The number of benzene rings is 1. The molecule has 2 unspecified atom stereocenters. The molecule has 2 fully saturated rings. The number of amides is 5. The van der Waals surface area contributed by atoms with Gasteiger partial charge in [-0.15, -0.1) is 0 Å². The van der Waals surface area contributed by atoms with Crippen molar-refractivity contribution in [3.8, 4) is 0 Å². The Morgan fingerprint density at radius 3 is 2.59 bits per heavy atom. The molecule has 1 aromatic carbocycles. The highest BCUT2D eigenvalue weighted by molar-refractivity contribution is 6.09. The van der Waals surface area contributed by atoms with Crippen LogP contribution in [0.1, 0.15) is 38.2 Å². The van der Waals surface area contributed by atoms with Crippen LogP contribution < -0.4 is 10.6 Å². The number of hydrogen-bond donors (Lipinski definition) is 2. The Balaban J connectivity index is 1.61. The van der Waals surface area contributed by atoms with Crippen molar-refractivity contribution in [1.82, 2.24) is 15.1 Å². The van der Waals surface area contributed by atoms with Gasteiger partial charge in [0.05, 0.1) is 17.8 Å². The lowest BCUT2D eigenvalue weighted by atomic mass is 9.73. The smallest absolute Gasteiger partial charge is 0.335 e. The van der Waals surface area contributed by atoms with Gasteiger partial charge in [0.25, 0.3) is 5.91 Å². The van der Waals surface area contributed by atoms with E-state index in [1.807, 2.05) is 6.92 Å². The van der Waals surface area contributed by atoms with Crippen molar-refractivity contribution in [3.63, 3.8) is 0 Å². The number of carbonyl (C=O) groups excluding carboxylic acids is 4. The minimum Gasteiger partial charge on any atom is -0.335 e. The van der Waals surface area contributed by atoms with Gasteiger partial charge >= 0.3 is 12.2 Å². The lowest BCUT2D eigenvalue weighted by Crippen LogP contribution is -2.54. The third-order valence-corrected chi connectivity index (χ3v) is 6.11. The number of nitrogens with one attached hydrogen (secondary N) is 2. The summed E-state index contributed by atoms with van der Waals surface area (Å²) in [5.74, 6) is -2.05. The van der Waals surface area contributed by atoms with Crippen LogP contribution in [-0.2, 0) is 20.6 Å². The molecule has 1 aromatic rings. The lowest BCUT2D eigenvalue weighted by Gasteiger charge is -2.36. The molecule has 0 radical (unpaired) electrons. The average Bonchev–Trinajstić information content (AvgIpc) is 2.94. The molecule has 2 atom stereocenters. The van der Waals surface area contributed by atoms with Gasteiger partial charge in [-0.3, -0.25) is 19.3 Å². The van der Waals surface area contributed by atoms with Crippen LogP contribution >= 0.6 is 0 Å². The molecular formula is C21H25F3N4O4. The summed E-state index contributed by atoms with van der Waals surface area (Å²) in [6, 6.07) is 3.84. The maximum absolute atomic E-state index is 13.1. The van der Waals surface area contributed by atoms with Gasteiger partial charge in [-0.1, -0.05) is 31.9 Å². The second kappa shape index (κ2) is 8.79. The quantitative estimate of drug-likeness (QED) is 0.669. The SMILES string of the molecule is CC1CCCCC12NC(=O)N(CC(=O)N(C)CC(=O)Nc1ccccc1C(F)(F)F)C2=O. The van der Waals surface area contributed by atoms with Crippen molar-refractivity contribution in [3.05, 3.63) is 29.8 Å². The maximum atomic E-state index is 13.1. The first-order valence-electron chi connectivity index (χ1n) is 10.3. The Kier molecular flexibility index (Phi) is 6.47. The molecule has 3 rings (SSSR count). The lowest BCUT2D eigenvalue weighted by molar-refractivity contribution is -0.140. The summed E-state index contributed by atoms with van der Waals surface area (Å²) in [5, 5.41) is 4.89. The fourth-order valence-electron chi connectivity index (χ4n) is 4.23. The Labute approximate surface area is 183 Å². The third-order valence-electron chi connectivity index (χ3n) is 6.11. The van der Waals surface area contributed by atoms with Crippen LogP contribution in [-0.4, -0.2) is 59.2 Å². The van der Waals surface area contributed by atoms with E-state index in [1.165, 1.54) is 19.2 Å². The molecule has 174 valence electrons. The van der Waals surface area contributed by atoms with E-state index >= 15 is 0 Å². The number of anilines is 1. The van der Waals surface area contributed by atoms with Crippen LogP contribution in [0.15, 0.2) is 24.3 Å². The van der Waals surface area contributed by atoms with E-state index < -0.39 is 59.8 Å². The second-order valence-corrected chi connectivity index (χ2v) is 8.28. The van der Waals surface area contributed by atoms with Crippen LogP contribution in [0.2, 0.25) is 0 Å². The van der Waals surface area contributed by atoms with Gasteiger partial charge in [0.15, 0.2) is 0 Å². The monoisotopic (exact) mass is 454 g/mol. The Morgan fingerprint density at radius 2 is 1.94 bits per heavy atom. The number of likely N-dealkylation sites (N-methyl/N-ethyl adjacent to an activating group) is 1. The number of para-hydroxylation sites is 1. The largest absolute Gasteiger partial charge is 0.418 e. The number of hydrogen-bond acceptors (Lipinski definition) is 4. The minimum atomic E-state index is -4.65. The van der Waals surface area contributed by atoms with E-state index in [2.05, 4.69) is 10.6 Å². The standard InChI is InChI=1S/C21H25F3N4O4/c1-13-7-5-6-10-20(13)18(31)28(19(32)26-20)12-17(30)27(2)11-16(29)25-15-9-4-3-8-14(15)21(22,23)24/h3-4,8-9,13H,5-7,10-12H2,1-2H3,(H,25,29)(H,26,32). The Morgan fingerprint density at radius 1 is 1.25 bits per heavy atom. The summed E-state index contributed by atoms with van der Waals surface area (Å²) in [7, 11) is 1.27. The van der Waals surface area contributed by atoms with Crippen LogP contribution in [0.5, 0.6) is 0 Å². The summed E-state index contributed by atoms with van der Waals surface area (Å²) >= 11 is 0. The first kappa shape index (κ1) is 23.6. The first-order valence-corrected chi connectivity index (χ1v) is 10.3. The van der Waals surface area contributed by atoms with Gasteiger partial charge in [-0.25, -0.2) is 4.79 Å². The topological polar surface area (TPSA) is 98.8 Å². The molecule has 0 bridgehead atoms. The van der Waals surface area contributed by atoms with Crippen molar-refractivity contribution in [1.29, 1.82) is 0 Å². The zero-order chi connectivity index (χ0) is 23.7. The number of urea groups is 1. The average molecular weight is 454 g/mol. The highest BCUT2D eigenvalue weighted by Gasteiger charge is 2.55. The number of imide groups is 1. The van der Waals surface area contributed by atoms with Gasteiger partial charge in [0, 0.05) is 7.05 Å². The zero-order valence-electron chi connectivity index (χ0n) is 17.8. The molecule has 32 heavy (non-hydrogen) atoms. The number of halogens is 3. The fraction of sp³-hybridized carbons (Fsp3) is 0.524. The van der Waals surface area contributed by atoms with Crippen molar-refractivity contribution in [2.45, 2.75) is 44.3 Å². The van der Waals surface area contributed by atoms with E-state index in [9.17, 15) is 32.3 Å². The molecule has 1 saturated heterocycles. The van der Waals surface area contributed by atoms with Gasteiger partial charge < -0.3 is 15.5 Å². The highest BCUT2D eigenvalue weighted by atomic mass is 19.4. The third kappa shape index (κ3) is 4.56. The molecule has 1 aliphatic carbocycles. The van der Waals surface area contributed by atoms with Crippen molar-refractivity contribution in [2.24, 2.45) is 5.92 Å². The van der Waals surface area contributed by atoms with Crippen LogP contribution in [0.25, 0.3) is 0 Å². The summed E-state index contributed by atoms with van der Waals surface area (Å²) in [5.41, 5.74) is -2.44. The number of carbonyl (C=O) groups is 4. The molecule has 8 nitrogen and oxygen atoms in total. The highest BCUT2D eigenvalue weighted by Crippen LogP contribution is 2.38. The van der Waals surface area contributed by atoms with Gasteiger partial charge in [0.1, 0.15) is 12.1 Å². The molecule has 1 heterocycles. The van der Waals surface area contributed by atoms with E-state index in [0.717, 1.165) is 41.2 Å². The molecule has 2 N–H and O–H groups in total. The van der Waals surface area contributed by atoms with Crippen LogP contribution in [0, 0.1) is 5.92 Å². The number of alkyl halides is 3. The zero-order valence-corrected chi connectivity index (χ0v) is 17.8. The van der Waals surface area contributed by atoms with Crippen LogP contribution in [0.3, 0.4) is 0 Å². The van der Waals surface area contributed by atoms with E-state index in [1.54, 1.807) is 0 Å². The Hall–Kier alpha value is -3.11. The second-order valence-electron chi connectivity index (χ2n) is 8.28. The molecule has 2 aliphatic rings. The number of rotatable bonds is 5. The van der Waals surface area contributed by atoms with Gasteiger partial charge in [-0.2, -0.15) is 13.2 Å². The molecule has 0 aromatic heterocycles. The van der Waals surface area contributed by atoms with E-state index in [-0.39, 0.29) is 5.92 Å². The van der Waals surface area contributed by atoms with Crippen LogP contribution in [0.4, 0.5) is 23.7 Å². The summed E-state index contributed by atoms with van der Waals surface area (Å²) in [6.45, 7) is 0.788. The molecule has 1 saturated carbocycles. The fourth-order valence-corrected chi connectivity index (χ4v) is 4.23. The molecule has 5 amide bonds. The molecule has 11 heteroatoms. The maximum Gasteiger partial charge on any atom is 0.418 e. The molecular weight excluding hydrogens is 429 g/mol. The predicted molar refractivity (Wildman–Crippen MR) is 108 cm³/mol. The summed E-state index contributed by atoms with van der Waals surface area (Å²) in [6.07, 6.45) is -1.62. The summed E-state index contributed by atoms with van der Waals surface area (Å²) < 4.78 is 39.2. The van der Waals surface area contributed by atoms with Crippen molar-refractivity contribution >= 4 is 29.4 Å². The first-order chi connectivity index (χ1) is 15.0. The molecule has 1 aliphatic heterocycles. The number of nitrogens with zero attached hydrogens (tertiary/aromatic N) is 2. The molecule has 1 spiro atoms. The normalized spacial score (nSPS) is 23.3. The Bertz CT molecular complexity index is 936. The van der Waals surface area contributed by atoms with Gasteiger partial charge in [-0.05, 0) is 30.9 Å². The predicted octanol–water partition coefficient (Wildman–Crippen LogP) is 2.60. The van der Waals surface area contributed by atoms with E-state index in [4.69, 9.17) is 0 Å². The van der Waals surface area contributed by atoms with Crippen molar-refractivity contribution in [2.75, 3.05) is 25.5 Å².